The van der Waals surface area contributed by atoms with E-state index in [1.807, 2.05) is 0 Å². The van der Waals surface area contributed by atoms with E-state index in [4.69, 9.17) is 0 Å². The Morgan fingerprint density at radius 2 is 1.60 bits per heavy atom. The number of nitrogens with one attached hydrogen (secondary N) is 1. The highest BCUT2D eigenvalue weighted by atomic mass is 19.4. The molecule has 0 atom stereocenters. The average Bonchev–Trinajstić information content (AvgIpc) is 2.78. The third kappa shape index (κ3) is 5.56. The van der Waals surface area contributed by atoms with Gasteiger partial charge in [-0.15, -0.1) is 0 Å². The van der Waals surface area contributed by atoms with Crippen LogP contribution < -0.4 is 10.5 Å². The third-order valence-electron chi connectivity index (χ3n) is 5.16. The number of aromatic amines is 1. The van der Waals surface area contributed by atoms with Gasteiger partial charge in [0, 0.05) is 25.5 Å². The van der Waals surface area contributed by atoms with Crippen molar-refractivity contribution in [3.8, 4) is 0 Å². The predicted octanol–water partition coefficient (Wildman–Crippen LogP) is 4.53. The molecule has 3 rings (SSSR count). The van der Waals surface area contributed by atoms with Crippen LogP contribution in [0.4, 0.5) is 27.6 Å². The van der Waals surface area contributed by atoms with Gasteiger partial charge in [0.1, 0.15) is 5.56 Å². The number of benzene rings is 2. The highest BCUT2D eigenvalue weighted by Gasteiger charge is 2.32. The summed E-state index contributed by atoms with van der Waals surface area (Å²) in [5.74, 6) is -3.92. The minimum atomic E-state index is -4.72. The van der Waals surface area contributed by atoms with E-state index in [1.54, 1.807) is 0 Å². The van der Waals surface area contributed by atoms with Crippen LogP contribution in [0.3, 0.4) is 0 Å². The summed E-state index contributed by atoms with van der Waals surface area (Å²) in [6.45, 7) is 0.972. The van der Waals surface area contributed by atoms with Gasteiger partial charge in [-0.1, -0.05) is 12.1 Å². The van der Waals surface area contributed by atoms with Crippen LogP contribution in [0.5, 0.6) is 0 Å². The molecule has 0 saturated heterocycles. The number of rotatable bonds is 5. The maximum atomic E-state index is 13.8. The van der Waals surface area contributed by atoms with E-state index in [1.165, 1.54) is 32.0 Å². The zero-order valence-electron chi connectivity index (χ0n) is 18.8. The Morgan fingerprint density at radius 1 is 0.914 bits per heavy atom. The molecular formula is C24H20F5N3O3. The van der Waals surface area contributed by atoms with Crippen LogP contribution in [0.2, 0.25) is 0 Å². The second kappa shape index (κ2) is 9.69. The fraction of sp³-hybridized carbons (Fsp3) is 0.208. The first-order valence-electron chi connectivity index (χ1n) is 10.2. The van der Waals surface area contributed by atoms with Gasteiger partial charge >= 0.3 is 6.18 Å². The van der Waals surface area contributed by atoms with Gasteiger partial charge in [-0.3, -0.25) is 14.4 Å². The lowest BCUT2D eigenvalue weighted by Crippen LogP contribution is -2.36. The number of hydrogen-bond donors (Lipinski definition) is 1. The first-order valence-corrected chi connectivity index (χ1v) is 10.2. The molecule has 2 aromatic carbocycles. The second-order valence-electron chi connectivity index (χ2n) is 7.94. The minimum Gasteiger partial charge on any atom is -0.345 e. The number of pyridine rings is 1. The molecule has 1 N–H and O–H groups in total. The highest BCUT2D eigenvalue weighted by Crippen LogP contribution is 2.32. The summed E-state index contributed by atoms with van der Waals surface area (Å²) in [5, 5.41) is 0. The van der Waals surface area contributed by atoms with Gasteiger partial charge < -0.3 is 14.8 Å². The maximum absolute atomic E-state index is 13.8. The van der Waals surface area contributed by atoms with Crippen LogP contribution in [0.25, 0.3) is 0 Å². The van der Waals surface area contributed by atoms with E-state index in [2.05, 4.69) is 4.98 Å². The van der Waals surface area contributed by atoms with Gasteiger partial charge in [0.15, 0.2) is 11.6 Å². The van der Waals surface area contributed by atoms with Crippen molar-refractivity contribution >= 4 is 17.5 Å². The van der Waals surface area contributed by atoms with Crippen LogP contribution in [0, 0.1) is 18.6 Å². The Hall–Kier alpha value is -4.02. The molecule has 184 valence electrons. The first-order chi connectivity index (χ1) is 16.3. The average molecular weight is 493 g/mol. The summed E-state index contributed by atoms with van der Waals surface area (Å²) in [4.78, 5) is 43.0. The van der Waals surface area contributed by atoms with Gasteiger partial charge in [-0.25, -0.2) is 8.78 Å². The zero-order valence-corrected chi connectivity index (χ0v) is 18.8. The van der Waals surface area contributed by atoms with Crippen molar-refractivity contribution in [1.82, 2.24) is 9.88 Å². The van der Waals surface area contributed by atoms with Gasteiger partial charge in [0.25, 0.3) is 17.4 Å². The van der Waals surface area contributed by atoms with E-state index < -0.39 is 52.9 Å². The Bertz CT molecular complexity index is 1350. The lowest BCUT2D eigenvalue weighted by Gasteiger charge is -2.24. The molecule has 0 aliphatic carbocycles. The number of carbonyl (C=O) groups is 2. The standard InChI is InChI=1S/C24H20F5N3O3/c1-13-17(22(34)31(2)3)11-18(21(33)30-13)23(35)32(12-14-7-8-19(25)20(26)9-14)16-6-4-5-15(10-16)24(27,28)29/h4-11H,12H2,1-3H3,(H,30,33). The molecule has 0 aliphatic heterocycles. The minimum absolute atomic E-state index is 0.00905. The topological polar surface area (TPSA) is 73.5 Å². The third-order valence-corrected chi connectivity index (χ3v) is 5.16. The molecule has 6 nitrogen and oxygen atoms in total. The Balaban J connectivity index is 2.16. The molecule has 0 radical (unpaired) electrons. The first kappa shape index (κ1) is 25.6. The van der Waals surface area contributed by atoms with Crippen LogP contribution >= 0.6 is 0 Å². The van der Waals surface area contributed by atoms with Gasteiger partial charge in [-0.05, 0) is 48.9 Å². The van der Waals surface area contributed by atoms with Crippen molar-refractivity contribution in [2.75, 3.05) is 19.0 Å². The zero-order chi connectivity index (χ0) is 26.1. The molecule has 2 amide bonds. The number of alkyl halides is 3. The van der Waals surface area contributed by atoms with Gasteiger partial charge in [0.05, 0.1) is 17.7 Å². The molecule has 11 heteroatoms. The Kier molecular flexibility index (Phi) is 7.09. The monoisotopic (exact) mass is 493 g/mol. The van der Waals surface area contributed by atoms with Crippen LogP contribution in [-0.2, 0) is 12.7 Å². The van der Waals surface area contributed by atoms with Crippen molar-refractivity contribution in [2.24, 2.45) is 0 Å². The lowest BCUT2D eigenvalue weighted by molar-refractivity contribution is -0.137. The summed E-state index contributed by atoms with van der Waals surface area (Å²) in [6.07, 6.45) is -4.72. The Morgan fingerprint density at radius 3 is 2.20 bits per heavy atom. The molecule has 1 heterocycles. The SMILES string of the molecule is Cc1[nH]c(=O)c(C(=O)N(Cc2ccc(F)c(F)c2)c2cccc(C(F)(F)F)c2)cc1C(=O)N(C)C. The quantitative estimate of drug-likeness (QED) is 0.531. The number of aromatic nitrogens is 1. The lowest BCUT2D eigenvalue weighted by atomic mass is 10.1. The number of nitrogens with zero attached hydrogens (tertiary/aromatic N) is 2. The normalized spacial score (nSPS) is 11.3. The fourth-order valence-electron chi connectivity index (χ4n) is 3.34. The summed E-state index contributed by atoms with van der Waals surface area (Å²) >= 11 is 0. The van der Waals surface area contributed by atoms with Crippen molar-refractivity contribution in [2.45, 2.75) is 19.6 Å². The van der Waals surface area contributed by atoms with Crippen molar-refractivity contribution in [1.29, 1.82) is 0 Å². The molecule has 35 heavy (non-hydrogen) atoms. The summed E-state index contributed by atoms with van der Waals surface area (Å²) in [6, 6.07) is 7.61. The van der Waals surface area contributed by atoms with Gasteiger partial charge in [0.2, 0.25) is 0 Å². The van der Waals surface area contributed by atoms with Crippen LogP contribution in [0.15, 0.2) is 53.3 Å². The van der Waals surface area contributed by atoms with E-state index in [9.17, 15) is 36.3 Å². The fourth-order valence-corrected chi connectivity index (χ4v) is 3.34. The number of halogens is 5. The summed E-state index contributed by atoms with van der Waals surface area (Å²) < 4.78 is 67.1. The largest absolute Gasteiger partial charge is 0.416 e. The molecule has 0 bridgehead atoms. The predicted molar refractivity (Wildman–Crippen MR) is 118 cm³/mol. The number of aryl methyl sites for hydroxylation is 1. The highest BCUT2D eigenvalue weighted by molar-refractivity contribution is 6.07. The van der Waals surface area contributed by atoms with E-state index in [0.717, 1.165) is 41.3 Å². The summed E-state index contributed by atoms with van der Waals surface area (Å²) in [7, 11) is 2.93. The smallest absolute Gasteiger partial charge is 0.345 e. The van der Waals surface area contributed by atoms with Crippen molar-refractivity contribution in [3.63, 3.8) is 0 Å². The molecule has 0 spiro atoms. The summed E-state index contributed by atoms with van der Waals surface area (Å²) in [5.41, 5.74) is -2.42. The maximum Gasteiger partial charge on any atom is 0.416 e. The second-order valence-corrected chi connectivity index (χ2v) is 7.94. The Labute approximate surface area is 196 Å². The molecule has 0 fully saturated rings. The van der Waals surface area contributed by atoms with Gasteiger partial charge in [-0.2, -0.15) is 13.2 Å². The molecule has 0 saturated carbocycles. The number of carbonyl (C=O) groups excluding carboxylic acids is 2. The van der Waals surface area contributed by atoms with E-state index in [0.29, 0.717) is 6.07 Å². The number of anilines is 1. The van der Waals surface area contributed by atoms with Crippen molar-refractivity contribution < 1.29 is 31.5 Å². The molecule has 1 aromatic heterocycles. The molecule has 0 aliphatic rings. The molecule has 3 aromatic rings. The van der Waals surface area contributed by atoms with E-state index >= 15 is 0 Å². The van der Waals surface area contributed by atoms with E-state index in [-0.39, 0.29) is 22.5 Å². The van der Waals surface area contributed by atoms with Crippen molar-refractivity contribution in [3.05, 3.63) is 98.5 Å². The number of hydrogen-bond acceptors (Lipinski definition) is 3. The number of H-pyrrole nitrogens is 1. The van der Waals surface area contributed by atoms with Crippen LogP contribution in [-0.4, -0.2) is 35.8 Å². The van der Waals surface area contributed by atoms with Crippen LogP contribution in [0.1, 0.15) is 37.5 Å². The number of amides is 2. The molecular weight excluding hydrogens is 473 g/mol. The molecule has 0 unspecified atom stereocenters.